The first kappa shape index (κ1) is 76.3. The molecule has 3 N–H and O–H groups in total. The predicted octanol–water partition coefficient (Wildman–Crippen LogP) is 22.9. The molecule has 0 aliphatic heterocycles. The summed E-state index contributed by atoms with van der Waals surface area (Å²) in [6.07, 6.45) is 85.1. The monoisotopic (exact) mass is 1100 g/mol. The summed E-state index contributed by atoms with van der Waals surface area (Å²) in [5.74, 6) is -0.0183. The minimum atomic E-state index is -0.666. The molecule has 0 saturated heterocycles. The lowest BCUT2D eigenvalue weighted by molar-refractivity contribution is -0.143. The second kappa shape index (κ2) is 67.8. The Labute approximate surface area is 488 Å². The Morgan fingerprint density at radius 3 is 0.974 bits per heavy atom. The summed E-state index contributed by atoms with van der Waals surface area (Å²) in [6.45, 7) is 4.99. The molecule has 0 aromatic carbocycles. The van der Waals surface area contributed by atoms with E-state index in [9.17, 15) is 19.8 Å². The Morgan fingerprint density at radius 2 is 0.641 bits per heavy atom. The third-order valence-electron chi connectivity index (χ3n) is 16.8. The fourth-order valence-corrected chi connectivity index (χ4v) is 11.3. The molecular formula is C72H139NO5. The van der Waals surface area contributed by atoms with Crippen LogP contribution in [0.5, 0.6) is 0 Å². The zero-order chi connectivity index (χ0) is 56.4. The second-order valence-electron chi connectivity index (χ2n) is 24.6. The van der Waals surface area contributed by atoms with E-state index in [1.54, 1.807) is 0 Å². The minimum Gasteiger partial charge on any atom is -0.466 e. The van der Waals surface area contributed by atoms with Gasteiger partial charge in [0.25, 0.3) is 0 Å². The van der Waals surface area contributed by atoms with Crippen LogP contribution in [0.25, 0.3) is 0 Å². The first-order chi connectivity index (χ1) is 38.5. The topological polar surface area (TPSA) is 95.9 Å². The van der Waals surface area contributed by atoms with Gasteiger partial charge in [-0.05, 0) is 57.8 Å². The maximum absolute atomic E-state index is 12.5. The van der Waals surface area contributed by atoms with Gasteiger partial charge in [-0.3, -0.25) is 9.59 Å². The number of allylic oxidation sites excluding steroid dienone is 4. The largest absolute Gasteiger partial charge is 0.466 e. The summed E-state index contributed by atoms with van der Waals surface area (Å²) in [7, 11) is 0. The third-order valence-corrected chi connectivity index (χ3v) is 16.8. The quantitative estimate of drug-likeness (QED) is 0.0320. The molecule has 6 heteroatoms. The number of rotatable bonds is 67. The number of aliphatic hydroxyl groups excluding tert-OH is 2. The highest BCUT2D eigenvalue weighted by molar-refractivity contribution is 5.76. The Bertz CT molecular complexity index is 1220. The van der Waals surface area contributed by atoms with Crippen LogP contribution in [0.1, 0.15) is 399 Å². The number of nitrogens with one attached hydrogen (secondary N) is 1. The summed E-state index contributed by atoms with van der Waals surface area (Å²) in [5, 5.41) is 23.4. The molecule has 6 nitrogen and oxygen atoms in total. The van der Waals surface area contributed by atoms with Crippen LogP contribution in [0.15, 0.2) is 24.3 Å². The predicted molar refractivity (Wildman–Crippen MR) is 343 cm³/mol. The summed E-state index contributed by atoms with van der Waals surface area (Å²) >= 11 is 0. The molecule has 462 valence electrons. The van der Waals surface area contributed by atoms with Gasteiger partial charge in [-0.2, -0.15) is 0 Å². The molecule has 78 heavy (non-hydrogen) atoms. The number of unbranched alkanes of at least 4 members (excludes halogenated alkanes) is 52. The van der Waals surface area contributed by atoms with E-state index in [0.29, 0.717) is 25.9 Å². The minimum absolute atomic E-state index is 0.0134. The lowest BCUT2D eigenvalue weighted by Gasteiger charge is -2.22. The van der Waals surface area contributed by atoms with Crippen molar-refractivity contribution < 1.29 is 24.5 Å². The number of ether oxygens (including phenoxy) is 1. The van der Waals surface area contributed by atoms with Crippen LogP contribution in [-0.2, 0) is 14.3 Å². The van der Waals surface area contributed by atoms with Crippen molar-refractivity contribution in [3.8, 4) is 0 Å². The summed E-state index contributed by atoms with van der Waals surface area (Å²) in [6, 6.07) is -0.543. The smallest absolute Gasteiger partial charge is 0.305 e. The van der Waals surface area contributed by atoms with Gasteiger partial charge < -0.3 is 20.3 Å². The molecule has 0 aliphatic rings. The number of hydrogen-bond donors (Lipinski definition) is 3. The van der Waals surface area contributed by atoms with Gasteiger partial charge in [0, 0.05) is 12.8 Å². The fourth-order valence-electron chi connectivity index (χ4n) is 11.3. The highest BCUT2D eigenvalue weighted by Gasteiger charge is 2.20. The number of aliphatic hydroxyl groups is 2. The van der Waals surface area contributed by atoms with E-state index in [4.69, 9.17) is 4.74 Å². The summed E-state index contributed by atoms with van der Waals surface area (Å²) in [5.41, 5.74) is 0. The van der Waals surface area contributed by atoms with Crippen molar-refractivity contribution in [1.82, 2.24) is 5.32 Å². The average Bonchev–Trinajstić information content (AvgIpc) is 3.44. The first-order valence-corrected chi connectivity index (χ1v) is 35.6. The van der Waals surface area contributed by atoms with E-state index in [0.717, 1.165) is 44.9 Å². The van der Waals surface area contributed by atoms with Gasteiger partial charge in [-0.1, -0.05) is 353 Å². The van der Waals surface area contributed by atoms with E-state index < -0.39 is 12.1 Å². The molecule has 0 spiro atoms. The van der Waals surface area contributed by atoms with Crippen LogP contribution in [0.4, 0.5) is 0 Å². The molecule has 0 aromatic heterocycles. The Hall–Kier alpha value is -1.66. The van der Waals surface area contributed by atoms with Crippen molar-refractivity contribution in [2.75, 3.05) is 13.2 Å². The Kier molecular flexibility index (Phi) is 66.4. The standard InChI is InChI=1S/C72H139NO5/c1-3-5-7-9-11-13-15-17-18-19-20-32-35-38-41-44-48-52-56-60-64-70(75)69(68-74)73-71(76)65-61-57-53-49-45-42-39-36-33-30-28-26-24-22-21-23-25-27-29-31-34-37-40-43-47-51-55-59-63-67-78-72(77)66-62-58-54-50-46-16-14-12-10-8-6-4-2/h21,23,27,29,69-70,74-75H,3-20,22,24-26,28,30-68H2,1-2H3,(H,73,76)/b23-21-,29-27-. The number of hydrogen-bond acceptors (Lipinski definition) is 5. The van der Waals surface area contributed by atoms with E-state index in [1.807, 2.05) is 0 Å². The molecular weight excluding hydrogens is 959 g/mol. The number of carbonyl (C=O) groups is 2. The molecule has 0 fully saturated rings. The summed E-state index contributed by atoms with van der Waals surface area (Å²) < 4.78 is 5.48. The van der Waals surface area contributed by atoms with Crippen molar-refractivity contribution in [1.29, 1.82) is 0 Å². The van der Waals surface area contributed by atoms with Crippen LogP contribution >= 0.6 is 0 Å². The molecule has 2 unspecified atom stereocenters. The van der Waals surface area contributed by atoms with Crippen molar-refractivity contribution in [3.05, 3.63) is 24.3 Å². The molecule has 2 atom stereocenters. The lowest BCUT2D eigenvalue weighted by Crippen LogP contribution is -2.45. The van der Waals surface area contributed by atoms with Crippen LogP contribution in [0.2, 0.25) is 0 Å². The van der Waals surface area contributed by atoms with Crippen LogP contribution in [0.3, 0.4) is 0 Å². The van der Waals surface area contributed by atoms with E-state index >= 15 is 0 Å². The lowest BCUT2D eigenvalue weighted by atomic mass is 10.0. The van der Waals surface area contributed by atoms with Crippen molar-refractivity contribution in [3.63, 3.8) is 0 Å². The van der Waals surface area contributed by atoms with Gasteiger partial charge in [0.15, 0.2) is 0 Å². The number of carbonyl (C=O) groups excluding carboxylic acids is 2. The van der Waals surface area contributed by atoms with Gasteiger partial charge in [0.05, 0.1) is 25.4 Å². The average molecular weight is 1100 g/mol. The van der Waals surface area contributed by atoms with E-state index in [-0.39, 0.29) is 18.5 Å². The van der Waals surface area contributed by atoms with Gasteiger partial charge >= 0.3 is 5.97 Å². The van der Waals surface area contributed by atoms with Crippen LogP contribution in [-0.4, -0.2) is 47.4 Å². The zero-order valence-corrected chi connectivity index (χ0v) is 52.9. The van der Waals surface area contributed by atoms with Crippen molar-refractivity contribution in [2.45, 2.75) is 411 Å². The third kappa shape index (κ3) is 63.5. The maximum Gasteiger partial charge on any atom is 0.305 e. The van der Waals surface area contributed by atoms with Gasteiger partial charge in [0.2, 0.25) is 5.91 Å². The van der Waals surface area contributed by atoms with Gasteiger partial charge in [-0.15, -0.1) is 0 Å². The van der Waals surface area contributed by atoms with Crippen LogP contribution < -0.4 is 5.32 Å². The molecule has 0 aliphatic carbocycles. The van der Waals surface area contributed by atoms with Gasteiger partial charge in [0.1, 0.15) is 0 Å². The normalized spacial score (nSPS) is 12.6. The Morgan fingerprint density at radius 1 is 0.359 bits per heavy atom. The molecule has 0 rings (SSSR count). The molecule has 1 amide bonds. The highest BCUT2D eigenvalue weighted by Crippen LogP contribution is 2.19. The SMILES string of the molecule is CCCCCCCCCCCCCCCCCCCCCCC(O)C(CO)NC(=O)CCCCCCCCCCCCCCC/C=C\C/C=C\CCCCCCCCCCCOC(=O)CCCCCCCCCCCCCC. The van der Waals surface area contributed by atoms with E-state index in [1.165, 1.54) is 321 Å². The molecule has 0 saturated carbocycles. The van der Waals surface area contributed by atoms with Gasteiger partial charge in [-0.25, -0.2) is 0 Å². The zero-order valence-electron chi connectivity index (χ0n) is 52.9. The molecule has 0 bridgehead atoms. The fraction of sp³-hybridized carbons (Fsp3) is 0.917. The second-order valence-corrected chi connectivity index (χ2v) is 24.6. The molecule has 0 heterocycles. The van der Waals surface area contributed by atoms with E-state index in [2.05, 4.69) is 43.5 Å². The number of esters is 1. The highest BCUT2D eigenvalue weighted by atomic mass is 16.5. The Balaban J connectivity index is 3.40. The first-order valence-electron chi connectivity index (χ1n) is 35.6. The van der Waals surface area contributed by atoms with Crippen molar-refractivity contribution >= 4 is 11.9 Å². The maximum atomic E-state index is 12.5. The summed E-state index contributed by atoms with van der Waals surface area (Å²) in [4.78, 5) is 24.6. The molecule has 0 radical (unpaired) electrons. The van der Waals surface area contributed by atoms with Crippen LogP contribution in [0, 0.1) is 0 Å². The number of amides is 1. The molecule has 0 aromatic rings. The van der Waals surface area contributed by atoms with Crippen molar-refractivity contribution in [2.24, 2.45) is 0 Å².